The summed E-state index contributed by atoms with van der Waals surface area (Å²) in [6.07, 6.45) is 8.72. The molecule has 0 N–H and O–H groups in total. The standard InChI is InChI=1S/C14H17Si.Li.H/c1-10-7-11(2)9-13(8-10)14(15)12-5-3-4-6-12;;/h3-9,14H,1-2,15H3;;. The quantitative estimate of drug-likeness (QED) is 0.668. The van der Waals surface area contributed by atoms with Gasteiger partial charge >= 0.3 is 18.9 Å². The van der Waals surface area contributed by atoms with Crippen LogP contribution in [0.25, 0.3) is 0 Å². The molecule has 0 fully saturated rings. The van der Waals surface area contributed by atoms with E-state index in [1.54, 1.807) is 0 Å². The molecule has 1 unspecified atom stereocenters. The first-order chi connectivity index (χ1) is 7.16. The average Bonchev–Trinajstić information content (AvgIpc) is 2.67. The van der Waals surface area contributed by atoms with E-state index in [1.165, 1.54) is 32.9 Å². The zero-order valence-electron chi connectivity index (χ0n) is 9.62. The summed E-state index contributed by atoms with van der Waals surface area (Å²) in [5.41, 5.74) is 4.86. The van der Waals surface area contributed by atoms with Crippen molar-refractivity contribution in [1.29, 1.82) is 0 Å². The van der Waals surface area contributed by atoms with E-state index >= 15 is 0 Å². The molecule has 1 aliphatic rings. The van der Waals surface area contributed by atoms with Crippen LogP contribution in [0.1, 0.15) is 22.2 Å². The van der Waals surface area contributed by atoms with Crippen molar-refractivity contribution in [1.82, 2.24) is 0 Å². The van der Waals surface area contributed by atoms with E-state index in [0.717, 1.165) is 0 Å². The first kappa shape index (κ1) is 13.6. The van der Waals surface area contributed by atoms with Crippen molar-refractivity contribution >= 4 is 29.1 Å². The van der Waals surface area contributed by atoms with Crippen molar-refractivity contribution in [3.8, 4) is 0 Å². The molecule has 1 atom stereocenters. The third-order valence-electron chi connectivity index (χ3n) is 2.93. The fourth-order valence-electron chi connectivity index (χ4n) is 2.13. The Balaban J connectivity index is 0.00000128. The van der Waals surface area contributed by atoms with Gasteiger partial charge in [-0.05, 0) is 25.0 Å². The van der Waals surface area contributed by atoms with Crippen LogP contribution in [0, 0.1) is 19.8 Å². The van der Waals surface area contributed by atoms with Crippen LogP contribution in [0.4, 0.5) is 0 Å². The maximum atomic E-state index is 2.32. The SMILES string of the molecule is Cc1cc(C)cc(C([SiH3])[C]2C=CC=C2)c1.[LiH]. The summed E-state index contributed by atoms with van der Waals surface area (Å²) in [6.45, 7) is 4.35. The molecule has 0 spiro atoms. The maximum absolute atomic E-state index is 2.32. The molecule has 0 aliphatic heterocycles. The van der Waals surface area contributed by atoms with Crippen molar-refractivity contribution in [3.63, 3.8) is 0 Å². The van der Waals surface area contributed by atoms with Crippen LogP contribution in [0.3, 0.4) is 0 Å². The van der Waals surface area contributed by atoms with Gasteiger partial charge in [-0.25, -0.2) is 0 Å². The van der Waals surface area contributed by atoms with Gasteiger partial charge in [-0.3, -0.25) is 0 Å². The average molecular weight is 221 g/mol. The summed E-state index contributed by atoms with van der Waals surface area (Å²) in [4.78, 5) is 0. The van der Waals surface area contributed by atoms with E-state index < -0.39 is 0 Å². The summed E-state index contributed by atoms with van der Waals surface area (Å²) < 4.78 is 0. The molecule has 0 heterocycles. The van der Waals surface area contributed by atoms with Crippen LogP contribution in [-0.4, -0.2) is 29.1 Å². The first-order valence-electron chi connectivity index (χ1n) is 5.46. The normalized spacial score (nSPS) is 16.4. The molecule has 1 aromatic rings. The van der Waals surface area contributed by atoms with E-state index in [4.69, 9.17) is 0 Å². The zero-order chi connectivity index (χ0) is 10.8. The Labute approximate surface area is 113 Å². The molecule has 0 aromatic heterocycles. The Bertz CT molecular complexity index is 388. The number of benzene rings is 1. The fourth-order valence-corrected chi connectivity index (χ4v) is 2.85. The van der Waals surface area contributed by atoms with Crippen molar-refractivity contribution < 1.29 is 0 Å². The number of hydrogen-bond acceptors (Lipinski definition) is 0. The van der Waals surface area contributed by atoms with E-state index in [-0.39, 0.29) is 18.9 Å². The Hall–Kier alpha value is -0.486. The van der Waals surface area contributed by atoms with Gasteiger partial charge in [0.15, 0.2) is 0 Å². The molecular weight excluding hydrogens is 203 g/mol. The van der Waals surface area contributed by atoms with Gasteiger partial charge in [-0.2, -0.15) is 0 Å². The Kier molecular flexibility index (Phi) is 4.86. The molecule has 0 saturated heterocycles. The molecule has 2 rings (SSSR count). The van der Waals surface area contributed by atoms with Gasteiger partial charge in [0, 0.05) is 16.2 Å². The topological polar surface area (TPSA) is 0 Å². The summed E-state index contributed by atoms with van der Waals surface area (Å²) in [5.74, 6) is 1.46. The molecule has 1 radical (unpaired) electrons. The Morgan fingerprint density at radius 1 is 0.938 bits per heavy atom. The first-order valence-corrected chi connectivity index (χ1v) is 6.62. The summed E-state index contributed by atoms with van der Waals surface area (Å²) in [5, 5.41) is 0. The molecule has 0 bridgehead atoms. The molecule has 16 heavy (non-hydrogen) atoms. The van der Waals surface area contributed by atoms with Crippen molar-refractivity contribution in [3.05, 3.63) is 65.1 Å². The number of allylic oxidation sites excluding steroid dienone is 4. The van der Waals surface area contributed by atoms with E-state index in [0.29, 0.717) is 5.54 Å². The fraction of sp³-hybridized carbons (Fsp3) is 0.214. The Morgan fingerprint density at radius 3 is 1.94 bits per heavy atom. The molecule has 1 aromatic carbocycles. The van der Waals surface area contributed by atoms with Crippen molar-refractivity contribution in [2.45, 2.75) is 19.4 Å². The van der Waals surface area contributed by atoms with Gasteiger partial charge < -0.3 is 0 Å². The predicted octanol–water partition coefficient (Wildman–Crippen LogP) is 1.76. The molecule has 0 nitrogen and oxygen atoms in total. The summed E-state index contributed by atoms with van der Waals surface area (Å²) >= 11 is 0. The minimum absolute atomic E-state index is 0. The van der Waals surface area contributed by atoms with Crippen LogP contribution in [-0.2, 0) is 0 Å². The third-order valence-corrected chi connectivity index (χ3v) is 4.27. The number of aryl methyl sites for hydroxylation is 2. The van der Waals surface area contributed by atoms with Crippen LogP contribution in [0.2, 0.25) is 0 Å². The van der Waals surface area contributed by atoms with Gasteiger partial charge in [-0.15, -0.1) is 0 Å². The second-order valence-electron chi connectivity index (χ2n) is 4.36. The van der Waals surface area contributed by atoms with E-state index in [1.807, 2.05) is 0 Å². The van der Waals surface area contributed by atoms with E-state index in [2.05, 4.69) is 56.4 Å². The minimum atomic E-state index is 0. The van der Waals surface area contributed by atoms with Gasteiger partial charge in [-0.1, -0.05) is 53.6 Å². The molecule has 1 aliphatic carbocycles. The van der Waals surface area contributed by atoms with Crippen molar-refractivity contribution in [2.24, 2.45) is 0 Å². The van der Waals surface area contributed by atoms with Crippen LogP contribution in [0.15, 0.2) is 42.5 Å². The molecule has 2 heteroatoms. The monoisotopic (exact) mass is 221 g/mol. The third kappa shape index (κ3) is 3.01. The van der Waals surface area contributed by atoms with E-state index in [9.17, 15) is 0 Å². The second-order valence-corrected chi connectivity index (χ2v) is 5.52. The van der Waals surface area contributed by atoms with Gasteiger partial charge in [0.1, 0.15) is 0 Å². The van der Waals surface area contributed by atoms with Crippen LogP contribution in [0.5, 0.6) is 0 Å². The predicted molar refractivity (Wildman–Crippen MR) is 77.3 cm³/mol. The summed E-state index contributed by atoms with van der Waals surface area (Å²) in [6, 6.07) is 6.87. The number of hydrogen-bond donors (Lipinski definition) is 0. The van der Waals surface area contributed by atoms with Gasteiger partial charge in [0.05, 0.1) is 0 Å². The zero-order valence-corrected chi connectivity index (χ0v) is 11.6. The van der Waals surface area contributed by atoms with Gasteiger partial charge in [0.2, 0.25) is 0 Å². The van der Waals surface area contributed by atoms with Gasteiger partial charge in [0.25, 0.3) is 0 Å². The molecule has 0 saturated carbocycles. The molecule has 79 valence electrons. The number of rotatable bonds is 2. The van der Waals surface area contributed by atoms with Crippen LogP contribution >= 0.6 is 0 Å². The Morgan fingerprint density at radius 2 is 1.44 bits per heavy atom. The summed E-state index contributed by atoms with van der Waals surface area (Å²) in [7, 11) is 1.18. The molecular formula is C14H18LiSi. The molecule has 0 amide bonds. The second kappa shape index (κ2) is 5.73. The van der Waals surface area contributed by atoms with Crippen LogP contribution < -0.4 is 0 Å². The van der Waals surface area contributed by atoms with Crippen molar-refractivity contribution in [2.75, 3.05) is 0 Å².